The molecule has 2 aliphatic heterocycles. The third-order valence-electron chi connectivity index (χ3n) is 10.8. The number of hydrogen-bond acceptors (Lipinski definition) is 8. The highest BCUT2D eigenvalue weighted by atomic mass is 35.5. The number of nitrogens with zero attached hydrogens (tertiary/aromatic N) is 1. The van der Waals surface area contributed by atoms with Crippen LogP contribution in [0.1, 0.15) is 79.8 Å². The van der Waals surface area contributed by atoms with Crippen LogP contribution in [0.5, 0.6) is 5.75 Å². The highest BCUT2D eigenvalue weighted by molar-refractivity contribution is 7.91. The summed E-state index contributed by atoms with van der Waals surface area (Å²) in [4.78, 5) is 27.9. The van der Waals surface area contributed by atoms with Crippen LogP contribution in [0, 0.1) is 11.8 Å². The van der Waals surface area contributed by atoms with Crippen LogP contribution in [0.2, 0.25) is 5.02 Å². The minimum absolute atomic E-state index is 0.0239. The first-order chi connectivity index (χ1) is 21.9. The normalized spacial score (nSPS) is 31.3. The lowest BCUT2D eigenvalue weighted by Crippen LogP contribution is -2.49. The van der Waals surface area contributed by atoms with E-state index in [1.54, 1.807) is 31.2 Å². The van der Waals surface area contributed by atoms with Gasteiger partial charge in [-0.3, -0.25) is 9.59 Å². The lowest BCUT2D eigenvalue weighted by atomic mass is 9.68. The highest BCUT2D eigenvalue weighted by Crippen LogP contribution is 2.47. The van der Waals surface area contributed by atoms with Crippen LogP contribution in [0.25, 0.3) is 0 Å². The Balaban J connectivity index is 1.40. The van der Waals surface area contributed by atoms with E-state index in [-0.39, 0.29) is 42.1 Å². The largest absolute Gasteiger partial charge is 0.490 e. The van der Waals surface area contributed by atoms with Crippen LogP contribution in [0.4, 0.5) is 5.69 Å². The molecule has 11 heteroatoms. The van der Waals surface area contributed by atoms with Crippen LogP contribution in [-0.4, -0.2) is 63.1 Å². The smallest absolute Gasteiger partial charge is 0.305 e. The Bertz CT molecular complexity index is 1650. The van der Waals surface area contributed by atoms with Crippen LogP contribution in [0.15, 0.2) is 48.6 Å². The van der Waals surface area contributed by atoms with Gasteiger partial charge in [0.2, 0.25) is 10.0 Å². The van der Waals surface area contributed by atoms with Gasteiger partial charge in [-0.25, -0.2) is 13.1 Å². The number of carbonyl (C=O) groups is 2. The van der Waals surface area contributed by atoms with Crippen molar-refractivity contribution in [1.82, 2.24) is 4.72 Å². The zero-order valence-electron chi connectivity index (χ0n) is 26.5. The predicted molar refractivity (Wildman–Crippen MR) is 177 cm³/mol. The number of allylic oxidation sites excluding steroid dienone is 1. The summed E-state index contributed by atoms with van der Waals surface area (Å²) >= 11 is 6.40. The average molecular weight is 671 g/mol. The van der Waals surface area contributed by atoms with Crippen molar-refractivity contribution in [3.63, 3.8) is 0 Å². The number of ether oxygens (including phenoxy) is 2. The summed E-state index contributed by atoms with van der Waals surface area (Å²) in [5.74, 6) is -0.330. The van der Waals surface area contributed by atoms with Gasteiger partial charge in [0, 0.05) is 35.5 Å². The number of carbonyl (C=O) groups excluding carboxylic acids is 2. The number of rotatable bonds is 3. The number of hydrogen-bond donors (Lipinski definition) is 2. The topological polar surface area (TPSA) is 122 Å². The van der Waals surface area contributed by atoms with E-state index < -0.39 is 32.8 Å². The molecule has 1 spiro atoms. The summed E-state index contributed by atoms with van der Waals surface area (Å²) in [6.45, 7) is 3.33. The molecular weight excluding hydrogens is 628 g/mol. The average Bonchev–Trinajstić information content (AvgIpc) is 3.16. The summed E-state index contributed by atoms with van der Waals surface area (Å²) in [5, 5.41) is 11.9. The number of aliphatic hydroxyl groups is 1. The Kier molecular flexibility index (Phi) is 9.17. The van der Waals surface area contributed by atoms with Gasteiger partial charge in [-0.1, -0.05) is 29.8 Å². The molecule has 2 bridgehead atoms. The van der Waals surface area contributed by atoms with Crippen molar-refractivity contribution in [1.29, 1.82) is 0 Å². The minimum Gasteiger partial charge on any atom is -0.490 e. The first-order valence-electron chi connectivity index (χ1n) is 16.2. The zero-order valence-corrected chi connectivity index (χ0v) is 28.0. The number of halogens is 1. The number of fused-ring (bicyclic) bond motifs is 4. The van der Waals surface area contributed by atoms with Crippen LogP contribution in [-0.2, 0) is 31.4 Å². The molecule has 5 atom stereocenters. The number of anilines is 1. The molecule has 2 aromatic rings. The van der Waals surface area contributed by atoms with E-state index in [2.05, 4.69) is 21.8 Å². The number of nitrogens with one attached hydrogen (secondary N) is 1. The molecule has 46 heavy (non-hydrogen) atoms. The summed E-state index contributed by atoms with van der Waals surface area (Å²) in [6, 6.07) is 11.2. The molecule has 2 heterocycles. The number of amides is 1. The fourth-order valence-electron chi connectivity index (χ4n) is 7.74. The molecule has 2 aliphatic carbocycles. The maximum atomic E-state index is 13.8. The number of aliphatic hydroxyl groups excluding tert-OH is 1. The Hall–Kier alpha value is -3.08. The fraction of sp³-hybridized carbons (Fsp3) is 0.543. The second-order valence-electron chi connectivity index (χ2n) is 13.7. The molecule has 1 fully saturated rings. The van der Waals surface area contributed by atoms with E-state index >= 15 is 0 Å². The number of sulfonamides is 1. The maximum Gasteiger partial charge on any atom is 0.305 e. The monoisotopic (exact) mass is 670 g/mol. The minimum atomic E-state index is -4.23. The van der Waals surface area contributed by atoms with Gasteiger partial charge in [0.1, 0.15) is 5.75 Å². The van der Waals surface area contributed by atoms with Crippen molar-refractivity contribution in [3.05, 3.63) is 70.3 Å². The molecule has 2 aromatic carbocycles. The maximum absolute atomic E-state index is 13.8. The first-order valence-corrected chi connectivity index (χ1v) is 18.1. The number of benzene rings is 2. The number of esters is 1. The standard InChI is InChI=1S/C35H43ClN2O7S/c1-34(17-14-32(40)44-2)15-4-3-7-30(39)27-11-8-25(27)20-38-21-35(16-5-6-23-18-26(36)10-12-28(23)35)22-45-31-13-9-24(19-29(31)38)33(41)37-46(34,42)43/h3,7,9-10,12-13,18-19,25,27,30,39H,4-6,8,11,14-17,20-22H2,1-2H3,(H,37,41)/b7-3-/t25-,27+,30?,34+,35-/m0/s1. The second-order valence-corrected chi connectivity index (χ2v) is 16.3. The Morgan fingerprint density at radius 1 is 1.20 bits per heavy atom. The first kappa shape index (κ1) is 32.8. The van der Waals surface area contributed by atoms with E-state index in [0.717, 1.165) is 37.8 Å². The molecule has 0 aromatic heterocycles. The molecule has 2 N–H and O–H groups in total. The zero-order chi connectivity index (χ0) is 32.7. The lowest BCUT2D eigenvalue weighted by Gasteiger charge is -2.45. The van der Waals surface area contributed by atoms with E-state index in [0.29, 0.717) is 36.9 Å². The Morgan fingerprint density at radius 3 is 2.78 bits per heavy atom. The van der Waals surface area contributed by atoms with Crippen LogP contribution >= 0.6 is 11.6 Å². The van der Waals surface area contributed by atoms with E-state index in [9.17, 15) is 23.1 Å². The molecule has 0 radical (unpaired) electrons. The molecule has 6 rings (SSSR count). The molecule has 248 valence electrons. The van der Waals surface area contributed by atoms with Gasteiger partial charge in [-0.2, -0.15) is 0 Å². The summed E-state index contributed by atoms with van der Waals surface area (Å²) in [7, 11) is -2.98. The predicted octanol–water partition coefficient (Wildman–Crippen LogP) is 5.32. The van der Waals surface area contributed by atoms with Crippen molar-refractivity contribution in [2.24, 2.45) is 11.8 Å². The summed E-state index contributed by atoms with van der Waals surface area (Å²) in [5.41, 5.74) is 3.09. The molecule has 1 saturated carbocycles. The van der Waals surface area contributed by atoms with Crippen molar-refractivity contribution in [2.45, 2.75) is 81.0 Å². The second kappa shape index (κ2) is 12.8. The summed E-state index contributed by atoms with van der Waals surface area (Å²) in [6.07, 6.45) is 8.06. The molecule has 4 aliphatic rings. The van der Waals surface area contributed by atoms with Gasteiger partial charge in [-0.05, 0) is 112 Å². The van der Waals surface area contributed by atoms with Crippen molar-refractivity contribution < 1.29 is 32.6 Å². The molecular formula is C35H43ClN2O7S. The number of aryl methyl sites for hydroxylation is 1. The number of methoxy groups -OCH3 is 1. The van der Waals surface area contributed by atoms with Crippen LogP contribution in [0.3, 0.4) is 0 Å². The van der Waals surface area contributed by atoms with E-state index in [1.807, 2.05) is 12.1 Å². The van der Waals surface area contributed by atoms with Crippen LogP contribution < -0.4 is 14.4 Å². The van der Waals surface area contributed by atoms with Gasteiger partial charge < -0.3 is 19.5 Å². The molecule has 1 amide bonds. The SMILES string of the molecule is COC(=O)CC[C@@]1(C)CC/C=C\C(O)[C@@H]2CC[C@H]2CN2C[C@@]3(CCCc4cc(Cl)ccc43)COc3ccc(cc32)C(=O)NS1(=O)=O. The highest BCUT2D eigenvalue weighted by Gasteiger charge is 2.45. The fourth-order valence-corrected chi connectivity index (χ4v) is 9.30. The Labute approximate surface area is 276 Å². The third-order valence-corrected chi connectivity index (χ3v) is 13.2. The van der Waals surface area contributed by atoms with E-state index in [1.165, 1.54) is 18.2 Å². The summed E-state index contributed by atoms with van der Waals surface area (Å²) < 4.78 is 39.8. The van der Waals surface area contributed by atoms with Gasteiger partial charge in [0.25, 0.3) is 5.91 Å². The van der Waals surface area contributed by atoms with Gasteiger partial charge in [-0.15, -0.1) is 0 Å². The van der Waals surface area contributed by atoms with E-state index in [4.69, 9.17) is 21.1 Å². The lowest BCUT2D eigenvalue weighted by molar-refractivity contribution is -0.140. The van der Waals surface area contributed by atoms with Gasteiger partial charge in [0.05, 0.1) is 30.3 Å². The third kappa shape index (κ3) is 6.28. The Morgan fingerprint density at radius 2 is 2.02 bits per heavy atom. The van der Waals surface area contributed by atoms with Gasteiger partial charge in [0.15, 0.2) is 0 Å². The van der Waals surface area contributed by atoms with Crippen molar-refractivity contribution in [2.75, 3.05) is 31.7 Å². The molecule has 0 saturated heterocycles. The molecule has 1 unspecified atom stereocenters. The van der Waals surface area contributed by atoms with Crippen molar-refractivity contribution in [3.8, 4) is 5.75 Å². The van der Waals surface area contributed by atoms with Gasteiger partial charge >= 0.3 is 5.97 Å². The van der Waals surface area contributed by atoms with Crippen molar-refractivity contribution >= 4 is 39.2 Å². The molecule has 9 nitrogen and oxygen atoms in total. The quantitative estimate of drug-likeness (QED) is 0.332.